The molecule has 0 aliphatic heterocycles. The number of carbonyl (C=O) groups excluding carboxylic acids is 1. The molecule has 2 amide bonds. The van der Waals surface area contributed by atoms with Crippen LogP contribution in [0.2, 0.25) is 0 Å². The molecule has 0 unspecified atom stereocenters. The minimum Gasteiger partial charge on any atom is -0.480 e. The third-order valence-corrected chi connectivity index (χ3v) is 1.83. The average Bonchev–Trinajstić information content (AvgIpc) is 2.25. The van der Waals surface area contributed by atoms with Crippen LogP contribution in [0.1, 0.15) is 5.56 Å². The Labute approximate surface area is 92.4 Å². The second kappa shape index (κ2) is 5.59. The highest BCUT2D eigenvalue weighted by Crippen LogP contribution is 2.04. The van der Waals surface area contributed by atoms with E-state index in [0.717, 1.165) is 5.56 Å². The molecule has 0 spiro atoms. The molecule has 0 bridgehead atoms. The topological polar surface area (TPSA) is 104 Å². The summed E-state index contributed by atoms with van der Waals surface area (Å²) < 4.78 is 0. The lowest BCUT2D eigenvalue weighted by Crippen LogP contribution is -2.37. The highest BCUT2D eigenvalue weighted by Gasteiger charge is 2.02. The van der Waals surface area contributed by atoms with Gasteiger partial charge in [0.15, 0.2) is 0 Å². The number of benzene rings is 1. The summed E-state index contributed by atoms with van der Waals surface area (Å²) in [5, 5.41) is 13.0. The zero-order valence-electron chi connectivity index (χ0n) is 8.56. The van der Waals surface area contributed by atoms with E-state index >= 15 is 0 Å². The van der Waals surface area contributed by atoms with Gasteiger partial charge in [-0.1, -0.05) is 12.1 Å². The van der Waals surface area contributed by atoms with Crippen LogP contribution in [0.5, 0.6) is 0 Å². The van der Waals surface area contributed by atoms with E-state index in [1.165, 1.54) is 0 Å². The molecule has 0 heterocycles. The Morgan fingerprint density at radius 3 is 2.38 bits per heavy atom. The van der Waals surface area contributed by atoms with Crippen molar-refractivity contribution in [2.24, 2.45) is 0 Å². The summed E-state index contributed by atoms with van der Waals surface area (Å²) in [5.41, 5.74) is 7.04. The Kier molecular flexibility index (Phi) is 4.14. The molecule has 5 N–H and O–H groups in total. The molecular formula is C10H13N3O3. The third kappa shape index (κ3) is 4.32. The maximum Gasteiger partial charge on any atom is 0.323 e. The van der Waals surface area contributed by atoms with Crippen LogP contribution in [-0.2, 0) is 11.3 Å². The number of nitrogen functional groups attached to an aromatic ring is 1. The van der Waals surface area contributed by atoms with Gasteiger partial charge in [0.25, 0.3) is 0 Å². The molecule has 0 aliphatic rings. The summed E-state index contributed by atoms with van der Waals surface area (Å²) >= 11 is 0. The molecule has 0 aromatic heterocycles. The van der Waals surface area contributed by atoms with Gasteiger partial charge in [0, 0.05) is 12.2 Å². The maximum atomic E-state index is 11.1. The lowest BCUT2D eigenvalue weighted by molar-refractivity contribution is -0.135. The summed E-state index contributed by atoms with van der Waals surface area (Å²) in [7, 11) is 0. The molecule has 0 saturated carbocycles. The molecule has 86 valence electrons. The number of carboxylic acids is 1. The van der Waals surface area contributed by atoms with Crippen molar-refractivity contribution in [3.8, 4) is 0 Å². The molecule has 0 aliphatic carbocycles. The first-order chi connectivity index (χ1) is 7.58. The summed E-state index contributed by atoms with van der Waals surface area (Å²) in [6.45, 7) is -0.0701. The third-order valence-electron chi connectivity index (χ3n) is 1.83. The lowest BCUT2D eigenvalue weighted by Gasteiger charge is -2.05. The van der Waals surface area contributed by atoms with Gasteiger partial charge in [0.1, 0.15) is 6.54 Å². The molecule has 6 heteroatoms. The first kappa shape index (κ1) is 11.8. The van der Waals surface area contributed by atoms with Crippen LogP contribution in [0, 0.1) is 0 Å². The smallest absolute Gasteiger partial charge is 0.323 e. The predicted octanol–water partition coefficient (Wildman–Crippen LogP) is 0.153. The molecule has 0 radical (unpaired) electrons. The lowest BCUT2D eigenvalue weighted by atomic mass is 10.2. The number of nitrogens with two attached hydrogens (primary N) is 1. The fraction of sp³-hybridized carbons (Fsp3) is 0.200. The van der Waals surface area contributed by atoms with Crippen LogP contribution in [-0.4, -0.2) is 23.7 Å². The number of nitrogens with one attached hydrogen (secondary N) is 2. The molecule has 0 atom stereocenters. The molecule has 0 fully saturated rings. The van der Waals surface area contributed by atoms with Crippen LogP contribution >= 0.6 is 0 Å². The van der Waals surface area contributed by atoms with E-state index in [-0.39, 0.29) is 0 Å². The van der Waals surface area contributed by atoms with Crippen molar-refractivity contribution in [2.45, 2.75) is 6.54 Å². The summed E-state index contributed by atoms with van der Waals surface area (Å²) in [6, 6.07) is 6.51. The SMILES string of the molecule is Nc1ccc(CNC(=O)NCC(=O)O)cc1. The van der Waals surface area contributed by atoms with E-state index in [9.17, 15) is 9.59 Å². The number of hydrogen-bond donors (Lipinski definition) is 4. The summed E-state index contributed by atoms with van der Waals surface area (Å²) in [6.07, 6.45) is 0. The Hall–Kier alpha value is -2.24. The Morgan fingerprint density at radius 2 is 1.81 bits per heavy atom. The number of rotatable bonds is 4. The van der Waals surface area contributed by atoms with E-state index in [1.54, 1.807) is 24.3 Å². The monoisotopic (exact) mass is 223 g/mol. The fourth-order valence-corrected chi connectivity index (χ4v) is 1.04. The molecule has 6 nitrogen and oxygen atoms in total. The van der Waals surface area contributed by atoms with Crippen molar-refractivity contribution < 1.29 is 14.7 Å². The quantitative estimate of drug-likeness (QED) is 0.545. The van der Waals surface area contributed by atoms with Crippen LogP contribution < -0.4 is 16.4 Å². The van der Waals surface area contributed by atoms with Crippen molar-refractivity contribution in [2.75, 3.05) is 12.3 Å². The van der Waals surface area contributed by atoms with Gasteiger partial charge in [-0.3, -0.25) is 4.79 Å². The second-order valence-electron chi connectivity index (χ2n) is 3.17. The number of carbonyl (C=O) groups is 2. The first-order valence-electron chi connectivity index (χ1n) is 4.66. The van der Waals surface area contributed by atoms with Gasteiger partial charge < -0.3 is 21.5 Å². The van der Waals surface area contributed by atoms with Crippen LogP contribution in [0.15, 0.2) is 24.3 Å². The van der Waals surface area contributed by atoms with Crippen molar-refractivity contribution in [1.29, 1.82) is 0 Å². The minimum absolute atomic E-state index is 0.325. The largest absolute Gasteiger partial charge is 0.480 e. The zero-order chi connectivity index (χ0) is 12.0. The normalized spacial score (nSPS) is 9.50. The predicted molar refractivity (Wildman–Crippen MR) is 58.7 cm³/mol. The molecule has 1 aromatic rings. The fourth-order valence-electron chi connectivity index (χ4n) is 1.04. The number of hydrogen-bond acceptors (Lipinski definition) is 3. The van der Waals surface area contributed by atoms with E-state index in [1.807, 2.05) is 0 Å². The highest BCUT2D eigenvalue weighted by molar-refractivity contribution is 5.79. The number of carboxylic acid groups (broad SMARTS) is 1. The van der Waals surface area contributed by atoms with Crippen LogP contribution in [0.3, 0.4) is 0 Å². The Balaban J connectivity index is 2.31. The number of urea groups is 1. The summed E-state index contributed by atoms with van der Waals surface area (Å²) in [4.78, 5) is 21.2. The zero-order valence-corrected chi connectivity index (χ0v) is 8.56. The van der Waals surface area contributed by atoms with Gasteiger partial charge in [-0.25, -0.2) is 4.79 Å². The minimum atomic E-state index is -1.08. The molecule has 0 saturated heterocycles. The standard InChI is InChI=1S/C10H13N3O3/c11-8-3-1-7(2-4-8)5-12-10(16)13-6-9(14)15/h1-4H,5-6,11H2,(H,14,15)(H2,12,13,16). The van der Waals surface area contributed by atoms with Gasteiger partial charge in [-0.2, -0.15) is 0 Å². The van der Waals surface area contributed by atoms with Crippen molar-refractivity contribution in [3.05, 3.63) is 29.8 Å². The van der Waals surface area contributed by atoms with Crippen molar-refractivity contribution in [3.63, 3.8) is 0 Å². The van der Waals surface area contributed by atoms with E-state index in [0.29, 0.717) is 12.2 Å². The van der Waals surface area contributed by atoms with Gasteiger partial charge in [0.2, 0.25) is 0 Å². The van der Waals surface area contributed by atoms with E-state index < -0.39 is 18.5 Å². The summed E-state index contributed by atoms with van der Waals surface area (Å²) in [5.74, 6) is -1.08. The maximum absolute atomic E-state index is 11.1. The Morgan fingerprint density at radius 1 is 1.19 bits per heavy atom. The highest BCUT2D eigenvalue weighted by atomic mass is 16.4. The Bertz CT molecular complexity index is 375. The van der Waals surface area contributed by atoms with Gasteiger partial charge in [-0.05, 0) is 17.7 Å². The molecule has 1 rings (SSSR count). The van der Waals surface area contributed by atoms with Crippen LogP contribution in [0.25, 0.3) is 0 Å². The number of amides is 2. The second-order valence-corrected chi connectivity index (χ2v) is 3.17. The van der Waals surface area contributed by atoms with E-state index in [2.05, 4.69) is 10.6 Å². The first-order valence-corrected chi connectivity index (χ1v) is 4.66. The average molecular weight is 223 g/mol. The molecular weight excluding hydrogens is 210 g/mol. The molecule has 1 aromatic carbocycles. The van der Waals surface area contributed by atoms with Gasteiger partial charge in [0.05, 0.1) is 0 Å². The van der Waals surface area contributed by atoms with Crippen molar-refractivity contribution >= 4 is 17.7 Å². The van der Waals surface area contributed by atoms with Gasteiger partial charge in [-0.15, -0.1) is 0 Å². The number of anilines is 1. The molecule has 16 heavy (non-hydrogen) atoms. The number of aliphatic carboxylic acids is 1. The van der Waals surface area contributed by atoms with Crippen molar-refractivity contribution in [1.82, 2.24) is 10.6 Å². The van der Waals surface area contributed by atoms with E-state index in [4.69, 9.17) is 10.8 Å². The van der Waals surface area contributed by atoms with Crippen LogP contribution in [0.4, 0.5) is 10.5 Å². The van der Waals surface area contributed by atoms with Gasteiger partial charge >= 0.3 is 12.0 Å².